The molecule has 0 bridgehead atoms. The lowest BCUT2D eigenvalue weighted by molar-refractivity contribution is -0.116. The first-order valence-electron chi connectivity index (χ1n) is 10.4. The number of rotatable bonds is 6. The molecule has 1 fully saturated rings. The number of hydrogen-bond acceptors (Lipinski definition) is 6. The van der Waals surface area contributed by atoms with Crippen molar-refractivity contribution in [2.75, 3.05) is 43.6 Å². The Kier molecular flexibility index (Phi) is 6.23. The van der Waals surface area contributed by atoms with Crippen molar-refractivity contribution < 1.29 is 18.7 Å². The molecule has 1 aromatic heterocycles. The molecular weight excluding hydrogens is 396 g/mol. The van der Waals surface area contributed by atoms with Crippen LogP contribution in [-0.4, -0.2) is 39.3 Å². The van der Waals surface area contributed by atoms with Crippen LogP contribution in [0.1, 0.15) is 17.5 Å². The zero-order valence-corrected chi connectivity index (χ0v) is 17.8. The zero-order valence-electron chi connectivity index (χ0n) is 17.8. The summed E-state index contributed by atoms with van der Waals surface area (Å²) in [4.78, 5) is 27.4. The number of carbonyl (C=O) groups is 1. The summed E-state index contributed by atoms with van der Waals surface area (Å²) in [6.07, 6.45) is 0.492. The highest BCUT2D eigenvalue weighted by atomic mass is 16.5. The predicted molar refractivity (Wildman–Crippen MR) is 120 cm³/mol. The molecule has 2 heterocycles. The molecule has 0 spiro atoms. The lowest BCUT2D eigenvalue weighted by Gasteiger charge is -2.30. The van der Waals surface area contributed by atoms with Gasteiger partial charge in [0.1, 0.15) is 11.3 Å². The van der Waals surface area contributed by atoms with Crippen LogP contribution < -0.4 is 20.6 Å². The molecule has 2 aromatic carbocycles. The molecule has 7 nitrogen and oxygen atoms in total. The van der Waals surface area contributed by atoms with Crippen LogP contribution in [0.4, 0.5) is 11.4 Å². The van der Waals surface area contributed by atoms with E-state index in [2.05, 4.69) is 10.2 Å². The normalized spacial score (nSPS) is 13.9. The van der Waals surface area contributed by atoms with Gasteiger partial charge in [0.15, 0.2) is 0 Å². The number of nitrogens with one attached hydrogen (secondary N) is 1. The third-order valence-electron chi connectivity index (χ3n) is 5.63. The molecule has 1 aliphatic heterocycles. The molecule has 1 amide bonds. The number of hydrogen-bond donors (Lipinski definition) is 1. The van der Waals surface area contributed by atoms with Crippen LogP contribution >= 0.6 is 0 Å². The zero-order chi connectivity index (χ0) is 21.8. The van der Waals surface area contributed by atoms with Crippen molar-refractivity contribution in [1.82, 2.24) is 0 Å². The highest BCUT2D eigenvalue weighted by molar-refractivity contribution is 5.94. The third kappa shape index (κ3) is 4.56. The Morgan fingerprint density at radius 2 is 1.94 bits per heavy atom. The van der Waals surface area contributed by atoms with E-state index in [1.54, 1.807) is 13.2 Å². The van der Waals surface area contributed by atoms with E-state index in [4.69, 9.17) is 13.9 Å². The Labute approximate surface area is 180 Å². The standard InChI is InChI=1S/C24H26N2O5/c1-16-18-8-7-17(29-2)15-22(18)31-24(28)19(16)9-10-23(27)25-20-5-3-4-6-21(20)26-11-13-30-14-12-26/h3-8,15H,9-14H2,1-2H3,(H,25,27). The lowest BCUT2D eigenvalue weighted by atomic mass is 10.0. The molecule has 1 N–H and O–H groups in total. The molecule has 0 saturated carbocycles. The van der Waals surface area contributed by atoms with Gasteiger partial charge in [-0.15, -0.1) is 0 Å². The summed E-state index contributed by atoms with van der Waals surface area (Å²) >= 11 is 0. The van der Waals surface area contributed by atoms with Crippen LogP contribution in [0.25, 0.3) is 11.0 Å². The molecule has 162 valence electrons. The van der Waals surface area contributed by atoms with E-state index in [9.17, 15) is 9.59 Å². The second kappa shape index (κ2) is 9.22. The maximum atomic E-state index is 12.7. The first-order valence-corrected chi connectivity index (χ1v) is 10.4. The van der Waals surface area contributed by atoms with Gasteiger partial charge in [-0.2, -0.15) is 0 Å². The van der Waals surface area contributed by atoms with Crippen LogP contribution in [0.3, 0.4) is 0 Å². The number of methoxy groups -OCH3 is 1. The van der Waals surface area contributed by atoms with Crippen LogP contribution in [0, 0.1) is 6.92 Å². The van der Waals surface area contributed by atoms with E-state index in [0.29, 0.717) is 36.5 Å². The quantitative estimate of drug-likeness (QED) is 0.612. The van der Waals surface area contributed by atoms with Gasteiger partial charge in [-0.1, -0.05) is 12.1 Å². The van der Waals surface area contributed by atoms with Gasteiger partial charge in [0, 0.05) is 36.5 Å². The predicted octanol–water partition coefficient (Wildman–Crippen LogP) is 3.52. The van der Waals surface area contributed by atoms with E-state index in [0.717, 1.165) is 35.4 Å². The second-order valence-corrected chi connectivity index (χ2v) is 7.52. The number of aryl methyl sites for hydroxylation is 1. The largest absolute Gasteiger partial charge is 0.497 e. The second-order valence-electron chi connectivity index (χ2n) is 7.52. The number of amides is 1. The number of fused-ring (bicyclic) bond motifs is 1. The summed E-state index contributed by atoms with van der Waals surface area (Å²) in [5.74, 6) is 0.482. The van der Waals surface area contributed by atoms with Gasteiger partial charge in [-0.3, -0.25) is 4.79 Å². The highest BCUT2D eigenvalue weighted by Crippen LogP contribution is 2.27. The van der Waals surface area contributed by atoms with Crippen LogP contribution in [0.5, 0.6) is 5.75 Å². The number of benzene rings is 2. The fourth-order valence-electron chi connectivity index (χ4n) is 3.90. The Morgan fingerprint density at radius 1 is 1.16 bits per heavy atom. The fourth-order valence-corrected chi connectivity index (χ4v) is 3.90. The molecule has 0 aliphatic carbocycles. The van der Waals surface area contributed by atoms with Crippen molar-refractivity contribution in [3.63, 3.8) is 0 Å². The van der Waals surface area contributed by atoms with Crippen LogP contribution in [0.15, 0.2) is 51.7 Å². The number of ether oxygens (including phenoxy) is 2. The van der Waals surface area contributed by atoms with Gasteiger partial charge in [0.05, 0.1) is 31.7 Å². The Balaban J connectivity index is 1.48. The van der Waals surface area contributed by atoms with Gasteiger partial charge in [-0.25, -0.2) is 4.79 Å². The van der Waals surface area contributed by atoms with E-state index >= 15 is 0 Å². The molecule has 0 radical (unpaired) electrons. The Hall–Kier alpha value is -3.32. The summed E-state index contributed by atoms with van der Waals surface area (Å²) in [5, 5.41) is 3.84. The summed E-state index contributed by atoms with van der Waals surface area (Å²) in [6, 6.07) is 13.1. The summed E-state index contributed by atoms with van der Waals surface area (Å²) in [7, 11) is 1.57. The van der Waals surface area contributed by atoms with Crippen LogP contribution in [-0.2, 0) is 16.0 Å². The van der Waals surface area contributed by atoms with E-state index in [1.165, 1.54) is 0 Å². The van der Waals surface area contributed by atoms with E-state index in [1.807, 2.05) is 43.3 Å². The smallest absolute Gasteiger partial charge is 0.339 e. The molecule has 0 atom stereocenters. The van der Waals surface area contributed by atoms with Crippen molar-refractivity contribution >= 4 is 28.3 Å². The molecule has 31 heavy (non-hydrogen) atoms. The van der Waals surface area contributed by atoms with Crippen molar-refractivity contribution in [1.29, 1.82) is 0 Å². The topological polar surface area (TPSA) is 81.0 Å². The highest BCUT2D eigenvalue weighted by Gasteiger charge is 2.17. The van der Waals surface area contributed by atoms with Gasteiger partial charge in [0.25, 0.3) is 0 Å². The maximum absolute atomic E-state index is 12.7. The number of nitrogens with zero attached hydrogens (tertiary/aromatic N) is 1. The van der Waals surface area contributed by atoms with Gasteiger partial charge in [0.2, 0.25) is 5.91 Å². The van der Waals surface area contributed by atoms with E-state index < -0.39 is 5.63 Å². The minimum Gasteiger partial charge on any atom is -0.497 e. The molecule has 0 unspecified atom stereocenters. The first kappa shape index (κ1) is 20.9. The molecule has 1 saturated heterocycles. The number of para-hydroxylation sites is 2. The monoisotopic (exact) mass is 422 g/mol. The number of carbonyl (C=O) groups excluding carboxylic acids is 1. The Morgan fingerprint density at radius 3 is 2.71 bits per heavy atom. The minimum absolute atomic E-state index is 0.144. The van der Waals surface area contributed by atoms with Crippen molar-refractivity contribution in [3.8, 4) is 5.75 Å². The molecular formula is C24H26N2O5. The summed E-state index contributed by atoms with van der Waals surface area (Å²) in [5.41, 5.74) is 3.16. The van der Waals surface area contributed by atoms with Gasteiger partial charge < -0.3 is 24.1 Å². The van der Waals surface area contributed by atoms with Gasteiger partial charge in [-0.05, 0) is 43.2 Å². The molecule has 1 aliphatic rings. The minimum atomic E-state index is -0.417. The SMILES string of the molecule is COc1ccc2c(C)c(CCC(=O)Nc3ccccc3N3CCOCC3)c(=O)oc2c1. The van der Waals surface area contributed by atoms with Crippen molar-refractivity contribution in [2.24, 2.45) is 0 Å². The van der Waals surface area contributed by atoms with Crippen molar-refractivity contribution in [2.45, 2.75) is 19.8 Å². The average Bonchev–Trinajstić information content (AvgIpc) is 2.79. The molecule has 3 aromatic rings. The van der Waals surface area contributed by atoms with Crippen LogP contribution in [0.2, 0.25) is 0 Å². The molecule has 7 heteroatoms. The lowest BCUT2D eigenvalue weighted by Crippen LogP contribution is -2.36. The average molecular weight is 422 g/mol. The molecule has 4 rings (SSSR count). The Bertz CT molecular complexity index is 1150. The first-order chi connectivity index (χ1) is 15.1. The van der Waals surface area contributed by atoms with Crippen molar-refractivity contribution in [3.05, 3.63) is 64.0 Å². The van der Waals surface area contributed by atoms with E-state index in [-0.39, 0.29) is 12.3 Å². The third-order valence-corrected chi connectivity index (χ3v) is 5.63. The number of anilines is 2. The summed E-state index contributed by atoms with van der Waals surface area (Å²) in [6.45, 7) is 4.80. The maximum Gasteiger partial charge on any atom is 0.339 e. The van der Waals surface area contributed by atoms with Gasteiger partial charge >= 0.3 is 5.63 Å². The fraction of sp³-hybridized carbons (Fsp3) is 0.333. The summed E-state index contributed by atoms with van der Waals surface area (Å²) < 4.78 is 16.1. The number of morpholine rings is 1.